The second-order valence-corrected chi connectivity index (χ2v) is 4.35. The molecule has 0 amide bonds. The fraction of sp³-hybridized carbons (Fsp3) is 0.273. The van der Waals surface area contributed by atoms with Gasteiger partial charge in [-0.1, -0.05) is 18.2 Å². The molecule has 1 heterocycles. The summed E-state index contributed by atoms with van der Waals surface area (Å²) < 4.78 is 6.28. The number of carbonyl (C=O) groups is 1. The second-order valence-electron chi connectivity index (χ2n) is 3.61. The lowest BCUT2D eigenvalue weighted by atomic mass is 10.2. The lowest BCUT2D eigenvalue weighted by Gasteiger charge is -2.26. The minimum Gasteiger partial charge on any atom is -0.296 e. The average molecular weight is 220 g/mol. The Morgan fingerprint density at radius 2 is 2.13 bits per heavy atom. The lowest BCUT2D eigenvalue weighted by Crippen LogP contribution is -2.38. The fourth-order valence-corrected chi connectivity index (χ4v) is 2.26. The third kappa shape index (κ3) is 1.77. The molecule has 0 saturated carbocycles. The molecule has 4 heteroatoms. The van der Waals surface area contributed by atoms with Crippen molar-refractivity contribution in [2.45, 2.75) is 19.9 Å². The number of hydrogen-bond acceptors (Lipinski definition) is 4. The molecule has 0 aromatic heterocycles. The first-order valence-corrected chi connectivity index (χ1v) is 5.56. The highest BCUT2D eigenvalue weighted by molar-refractivity contribution is 7.96. The fourth-order valence-electron chi connectivity index (χ4n) is 1.51. The van der Waals surface area contributed by atoms with Crippen LogP contribution in [-0.2, 0) is 4.79 Å². The van der Waals surface area contributed by atoms with Crippen LogP contribution in [0.1, 0.15) is 13.8 Å². The molecule has 3 nitrogen and oxygen atoms in total. The van der Waals surface area contributed by atoms with Gasteiger partial charge < -0.3 is 0 Å². The average Bonchev–Trinajstić information content (AvgIpc) is 2.27. The summed E-state index contributed by atoms with van der Waals surface area (Å²) >= 11 is 1.34. The molecule has 2 rings (SSSR count). The van der Waals surface area contributed by atoms with Crippen molar-refractivity contribution in [2.75, 3.05) is 0 Å². The van der Waals surface area contributed by atoms with Gasteiger partial charge in [0, 0.05) is 11.3 Å². The molecule has 0 radical (unpaired) electrons. The van der Waals surface area contributed by atoms with Crippen molar-refractivity contribution >= 4 is 24.1 Å². The molecule has 0 unspecified atom stereocenters. The second kappa shape index (κ2) is 4.06. The van der Waals surface area contributed by atoms with Crippen LogP contribution in [0.5, 0.6) is 0 Å². The normalized spacial score (nSPS) is 14.9. The Bertz CT molecular complexity index is 496. The number of benzene rings is 1. The van der Waals surface area contributed by atoms with Crippen molar-refractivity contribution in [1.82, 2.24) is 4.31 Å². The van der Waals surface area contributed by atoms with E-state index in [1.165, 1.54) is 12.1 Å². The summed E-state index contributed by atoms with van der Waals surface area (Å²) in [5.41, 5.74) is 0.709. The van der Waals surface area contributed by atoms with Crippen molar-refractivity contribution < 1.29 is 4.79 Å². The molecule has 1 aliphatic heterocycles. The molecule has 0 fully saturated rings. The molecule has 0 saturated heterocycles. The lowest BCUT2D eigenvalue weighted by molar-refractivity contribution is -0.104. The van der Waals surface area contributed by atoms with Crippen LogP contribution in [0.2, 0.25) is 0 Å². The Labute approximate surface area is 92.8 Å². The number of hydrogen-bond donors (Lipinski definition) is 0. The van der Waals surface area contributed by atoms with Gasteiger partial charge in [0.2, 0.25) is 0 Å². The molecule has 0 spiro atoms. The van der Waals surface area contributed by atoms with Gasteiger partial charge in [0.25, 0.3) is 0 Å². The monoisotopic (exact) mass is 220 g/mol. The van der Waals surface area contributed by atoms with Gasteiger partial charge in [-0.3, -0.25) is 9.10 Å². The summed E-state index contributed by atoms with van der Waals surface area (Å²) in [4.78, 5) is 11.1. The van der Waals surface area contributed by atoms with E-state index in [-0.39, 0.29) is 6.04 Å². The smallest absolute Gasteiger partial charge is 0.167 e. The molecule has 1 aliphatic rings. The van der Waals surface area contributed by atoms with Crippen LogP contribution >= 0.6 is 12.1 Å². The zero-order chi connectivity index (χ0) is 10.8. The van der Waals surface area contributed by atoms with Crippen molar-refractivity contribution in [2.24, 2.45) is 4.40 Å². The van der Waals surface area contributed by atoms with E-state index in [9.17, 15) is 4.79 Å². The Hall–Kier alpha value is -1.29. The van der Waals surface area contributed by atoms with Crippen molar-refractivity contribution in [3.05, 3.63) is 34.8 Å². The topological polar surface area (TPSA) is 32.7 Å². The number of rotatable bonds is 2. The minimum atomic E-state index is 0.257. The van der Waals surface area contributed by atoms with Gasteiger partial charge >= 0.3 is 0 Å². The van der Waals surface area contributed by atoms with Gasteiger partial charge in [-0.15, -0.1) is 0 Å². The van der Waals surface area contributed by atoms with Crippen LogP contribution in [0, 0.1) is 0 Å². The predicted octanol–water partition coefficient (Wildman–Crippen LogP) is 0.901. The standard InChI is InChI=1S/C11H12N2OS/c1-8(2)13-11(7-14)9-5-3-4-6-10(9)12-15-13/h3-8H,1-2H3. The van der Waals surface area contributed by atoms with Gasteiger partial charge in [0.1, 0.15) is 0 Å². The molecular weight excluding hydrogens is 208 g/mol. The summed E-state index contributed by atoms with van der Waals surface area (Å²) in [6.07, 6.45) is 0.903. The first-order valence-electron chi connectivity index (χ1n) is 4.83. The maximum atomic E-state index is 11.1. The summed E-state index contributed by atoms with van der Waals surface area (Å²) in [7, 11) is 0. The van der Waals surface area contributed by atoms with Crippen molar-refractivity contribution in [3.8, 4) is 0 Å². The quantitative estimate of drug-likeness (QED) is 0.548. The molecule has 0 N–H and O–H groups in total. The molecule has 1 aromatic carbocycles. The Balaban J connectivity index is 2.70. The minimum absolute atomic E-state index is 0.257. The number of fused-ring (bicyclic) bond motifs is 1. The van der Waals surface area contributed by atoms with Crippen molar-refractivity contribution in [3.63, 3.8) is 0 Å². The number of aldehydes is 1. The van der Waals surface area contributed by atoms with Crippen LogP contribution in [-0.4, -0.2) is 16.6 Å². The molecule has 0 atom stereocenters. The van der Waals surface area contributed by atoms with Crippen LogP contribution in [0.15, 0.2) is 28.7 Å². The third-order valence-electron chi connectivity index (χ3n) is 2.23. The van der Waals surface area contributed by atoms with Gasteiger partial charge in [-0.05, 0) is 19.9 Å². The van der Waals surface area contributed by atoms with E-state index >= 15 is 0 Å². The van der Waals surface area contributed by atoms with Crippen LogP contribution in [0.4, 0.5) is 0 Å². The largest absolute Gasteiger partial charge is 0.296 e. The van der Waals surface area contributed by atoms with E-state index in [2.05, 4.69) is 4.40 Å². The highest BCUT2D eigenvalue weighted by atomic mass is 32.2. The summed E-state index contributed by atoms with van der Waals surface area (Å²) in [6, 6.07) is 7.96. The van der Waals surface area contributed by atoms with Crippen LogP contribution < -0.4 is 10.6 Å². The Morgan fingerprint density at radius 1 is 1.40 bits per heavy atom. The van der Waals surface area contributed by atoms with E-state index in [4.69, 9.17) is 0 Å². The third-order valence-corrected chi connectivity index (χ3v) is 3.30. The van der Waals surface area contributed by atoms with Gasteiger partial charge in [0.05, 0.1) is 23.2 Å². The zero-order valence-electron chi connectivity index (χ0n) is 8.68. The highest BCUT2D eigenvalue weighted by Crippen LogP contribution is 2.21. The Morgan fingerprint density at radius 3 is 2.80 bits per heavy atom. The molecular formula is C11H12N2OS. The Kier molecular flexibility index (Phi) is 2.77. The van der Waals surface area contributed by atoms with E-state index in [1.807, 2.05) is 42.4 Å². The van der Waals surface area contributed by atoms with Gasteiger partial charge in [0.15, 0.2) is 6.29 Å². The van der Waals surface area contributed by atoms with Gasteiger partial charge in [-0.2, -0.15) is 4.40 Å². The zero-order valence-corrected chi connectivity index (χ0v) is 9.49. The molecule has 78 valence electrons. The summed E-state index contributed by atoms with van der Waals surface area (Å²) in [5.74, 6) is 0. The number of nitrogens with zero attached hydrogens (tertiary/aromatic N) is 2. The summed E-state index contributed by atoms with van der Waals surface area (Å²) in [5, 5.41) is 1.79. The number of carbonyl (C=O) groups excluding carboxylic acids is 1. The first-order chi connectivity index (χ1) is 7.24. The van der Waals surface area contributed by atoms with E-state index in [1.54, 1.807) is 0 Å². The molecule has 15 heavy (non-hydrogen) atoms. The molecule has 1 aromatic rings. The molecule has 0 aliphatic carbocycles. The predicted molar refractivity (Wildman–Crippen MR) is 61.3 cm³/mol. The highest BCUT2D eigenvalue weighted by Gasteiger charge is 2.17. The van der Waals surface area contributed by atoms with E-state index in [0.29, 0.717) is 5.70 Å². The maximum Gasteiger partial charge on any atom is 0.167 e. The van der Waals surface area contributed by atoms with Crippen molar-refractivity contribution in [1.29, 1.82) is 0 Å². The maximum absolute atomic E-state index is 11.1. The molecule has 0 bridgehead atoms. The van der Waals surface area contributed by atoms with Crippen LogP contribution in [0.25, 0.3) is 5.70 Å². The van der Waals surface area contributed by atoms with E-state index < -0.39 is 0 Å². The van der Waals surface area contributed by atoms with E-state index in [0.717, 1.165) is 16.9 Å². The van der Waals surface area contributed by atoms with Gasteiger partial charge in [-0.25, -0.2) is 0 Å². The SMILES string of the molecule is CC(C)N1SN=c2ccccc2=C1C=O. The first kappa shape index (κ1) is 10.2. The summed E-state index contributed by atoms with van der Waals surface area (Å²) in [6.45, 7) is 4.08. The van der Waals surface area contributed by atoms with Crippen LogP contribution in [0.3, 0.4) is 0 Å².